The Hall–Kier alpha value is -1.19. The number of β-amino-alcohol motifs (C(OH)–C–C–N with tert-alkyl or cyclic N) is 1. The maximum atomic E-state index is 12.6. The summed E-state index contributed by atoms with van der Waals surface area (Å²) in [5.74, 6) is -0.237. The molecular formula is C11H12FNO. The lowest BCUT2D eigenvalue weighted by molar-refractivity contribution is 0.217. The van der Waals surface area contributed by atoms with Crippen molar-refractivity contribution in [3.63, 3.8) is 0 Å². The van der Waals surface area contributed by atoms with Gasteiger partial charge in [0.1, 0.15) is 5.82 Å². The second-order valence-corrected chi connectivity index (χ2v) is 3.40. The van der Waals surface area contributed by atoms with Crippen LogP contribution in [0.2, 0.25) is 0 Å². The molecule has 2 N–H and O–H groups in total. The van der Waals surface area contributed by atoms with Gasteiger partial charge in [0.15, 0.2) is 0 Å². The van der Waals surface area contributed by atoms with E-state index in [1.807, 2.05) is 6.08 Å². The van der Waals surface area contributed by atoms with Crippen molar-refractivity contribution in [1.29, 1.82) is 0 Å². The lowest BCUT2D eigenvalue weighted by Crippen LogP contribution is -2.31. The Kier molecular flexibility index (Phi) is 2.61. The number of halogens is 1. The summed E-state index contributed by atoms with van der Waals surface area (Å²) in [5.41, 5.74) is 1.97. The molecular weight excluding hydrogens is 181 g/mol. The summed E-state index contributed by atoms with van der Waals surface area (Å²) < 4.78 is 12.6. The molecule has 0 aromatic heterocycles. The number of hydrogen-bond donors (Lipinski definition) is 2. The van der Waals surface area contributed by atoms with E-state index < -0.39 is 6.10 Å². The minimum absolute atomic E-state index is 0.237. The van der Waals surface area contributed by atoms with Gasteiger partial charge in [0.2, 0.25) is 0 Å². The van der Waals surface area contributed by atoms with Gasteiger partial charge >= 0.3 is 0 Å². The number of nitrogens with one attached hydrogen (secondary N) is 1. The van der Waals surface area contributed by atoms with Crippen LogP contribution in [-0.4, -0.2) is 24.3 Å². The van der Waals surface area contributed by atoms with Gasteiger partial charge in [-0.25, -0.2) is 4.39 Å². The van der Waals surface area contributed by atoms with Gasteiger partial charge in [-0.2, -0.15) is 0 Å². The summed E-state index contributed by atoms with van der Waals surface area (Å²) in [6.07, 6.45) is 1.37. The zero-order chi connectivity index (χ0) is 9.97. The van der Waals surface area contributed by atoms with E-state index in [-0.39, 0.29) is 5.82 Å². The molecule has 1 aliphatic heterocycles. The van der Waals surface area contributed by atoms with Crippen LogP contribution in [0.4, 0.5) is 4.39 Å². The third-order valence-electron chi connectivity index (χ3n) is 2.28. The third kappa shape index (κ3) is 2.00. The van der Waals surface area contributed by atoms with E-state index in [1.165, 1.54) is 12.1 Å². The highest BCUT2D eigenvalue weighted by Crippen LogP contribution is 2.17. The summed E-state index contributed by atoms with van der Waals surface area (Å²) in [6, 6.07) is 6.30. The molecule has 1 aromatic rings. The van der Waals surface area contributed by atoms with E-state index in [0.29, 0.717) is 6.54 Å². The van der Waals surface area contributed by atoms with Gasteiger partial charge in [-0.05, 0) is 29.3 Å². The maximum absolute atomic E-state index is 12.6. The highest BCUT2D eigenvalue weighted by Gasteiger charge is 2.11. The fourth-order valence-electron chi connectivity index (χ4n) is 1.57. The quantitative estimate of drug-likeness (QED) is 0.701. The van der Waals surface area contributed by atoms with Crippen LogP contribution in [0.15, 0.2) is 30.3 Å². The fraction of sp³-hybridized carbons (Fsp3) is 0.273. The van der Waals surface area contributed by atoms with Gasteiger partial charge in [-0.3, -0.25) is 0 Å². The van der Waals surface area contributed by atoms with E-state index in [2.05, 4.69) is 5.32 Å². The number of hydrogen-bond acceptors (Lipinski definition) is 2. The van der Waals surface area contributed by atoms with Gasteiger partial charge in [-0.15, -0.1) is 0 Å². The molecule has 0 amide bonds. The molecule has 14 heavy (non-hydrogen) atoms. The van der Waals surface area contributed by atoms with Crippen LogP contribution in [0.1, 0.15) is 5.56 Å². The minimum atomic E-state index is -0.441. The molecule has 0 saturated heterocycles. The van der Waals surface area contributed by atoms with Crippen molar-refractivity contribution >= 4 is 5.57 Å². The first kappa shape index (κ1) is 9.37. The average molecular weight is 193 g/mol. The second-order valence-electron chi connectivity index (χ2n) is 3.40. The first-order chi connectivity index (χ1) is 6.75. The van der Waals surface area contributed by atoms with Crippen molar-refractivity contribution in [3.8, 4) is 0 Å². The summed E-state index contributed by atoms with van der Waals surface area (Å²) in [5, 5.41) is 12.5. The molecule has 1 aliphatic rings. The summed E-state index contributed by atoms with van der Waals surface area (Å²) >= 11 is 0. The van der Waals surface area contributed by atoms with Crippen LogP contribution in [0.5, 0.6) is 0 Å². The SMILES string of the molecule is OC1C=C(c2ccc(F)cc2)CNC1. The first-order valence-electron chi connectivity index (χ1n) is 4.61. The van der Waals surface area contributed by atoms with Crippen LogP contribution >= 0.6 is 0 Å². The monoisotopic (exact) mass is 193 g/mol. The van der Waals surface area contributed by atoms with Crippen molar-refractivity contribution in [2.75, 3.05) is 13.1 Å². The molecule has 0 saturated carbocycles. The number of aliphatic hydroxyl groups excluding tert-OH is 1. The van der Waals surface area contributed by atoms with Crippen LogP contribution < -0.4 is 5.32 Å². The van der Waals surface area contributed by atoms with E-state index in [0.717, 1.165) is 17.7 Å². The Balaban J connectivity index is 2.26. The summed E-state index contributed by atoms with van der Waals surface area (Å²) in [4.78, 5) is 0. The predicted molar refractivity (Wildman–Crippen MR) is 53.3 cm³/mol. The topological polar surface area (TPSA) is 32.3 Å². The highest BCUT2D eigenvalue weighted by atomic mass is 19.1. The predicted octanol–water partition coefficient (Wildman–Crippen LogP) is 1.17. The van der Waals surface area contributed by atoms with Gasteiger partial charge in [0.05, 0.1) is 6.10 Å². The number of aliphatic hydroxyl groups is 1. The molecule has 3 heteroatoms. The fourth-order valence-corrected chi connectivity index (χ4v) is 1.57. The lowest BCUT2D eigenvalue weighted by atomic mass is 10.0. The van der Waals surface area contributed by atoms with Gasteiger partial charge in [0.25, 0.3) is 0 Å². The van der Waals surface area contributed by atoms with Crippen LogP contribution in [0, 0.1) is 5.82 Å². The average Bonchev–Trinajstić information content (AvgIpc) is 2.19. The minimum Gasteiger partial charge on any atom is -0.388 e. The second kappa shape index (κ2) is 3.90. The molecule has 2 rings (SSSR count). The molecule has 0 fully saturated rings. The highest BCUT2D eigenvalue weighted by molar-refractivity contribution is 5.68. The molecule has 1 heterocycles. The summed E-state index contributed by atoms with van der Waals surface area (Å²) in [6.45, 7) is 1.31. The molecule has 0 spiro atoms. The molecule has 74 valence electrons. The van der Waals surface area contributed by atoms with Crippen LogP contribution in [0.3, 0.4) is 0 Å². The van der Waals surface area contributed by atoms with Crippen molar-refractivity contribution in [2.45, 2.75) is 6.10 Å². The van der Waals surface area contributed by atoms with E-state index in [9.17, 15) is 9.50 Å². The lowest BCUT2D eigenvalue weighted by Gasteiger charge is -2.18. The smallest absolute Gasteiger partial charge is 0.123 e. The molecule has 2 nitrogen and oxygen atoms in total. The Morgan fingerprint density at radius 3 is 2.64 bits per heavy atom. The van der Waals surface area contributed by atoms with E-state index >= 15 is 0 Å². The molecule has 1 unspecified atom stereocenters. The molecule has 0 radical (unpaired) electrons. The molecule has 1 atom stereocenters. The maximum Gasteiger partial charge on any atom is 0.123 e. The Morgan fingerprint density at radius 1 is 1.29 bits per heavy atom. The van der Waals surface area contributed by atoms with Gasteiger partial charge in [-0.1, -0.05) is 12.1 Å². The summed E-state index contributed by atoms with van der Waals surface area (Å²) in [7, 11) is 0. The van der Waals surface area contributed by atoms with Crippen molar-refractivity contribution in [3.05, 3.63) is 41.7 Å². The normalized spacial score (nSPS) is 21.9. The Morgan fingerprint density at radius 2 is 2.00 bits per heavy atom. The molecule has 0 bridgehead atoms. The van der Waals surface area contributed by atoms with Crippen molar-refractivity contribution in [1.82, 2.24) is 5.32 Å². The van der Waals surface area contributed by atoms with Crippen molar-refractivity contribution in [2.24, 2.45) is 0 Å². The Labute approximate surface area is 82.1 Å². The molecule has 0 aliphatic carbocycles. The Bertz CT molecular complexity index is 345. The number of rotatable bonds is 1. The molecule has 1 aromatic carbocycles. The zero-order valence-electron chi connectivity index (χ0n) is 7.70. The third-order valence-corrected chi connectivity index (χ3v) is 2.28. The van der Waals surface area contributed by atoms with Crippen LogP contribution in [-0.2, 0) is 0 Å². The standard InChI is InChI=1S/C11H12FNO/c12-10-3-1-8(2-4-10)9-5-11(14)7-13-6-9/h1-5,11,13-14H,6-7H2. The zero-order valence-corrected chi connectivity index (χ0v) is 7.70. The first-order valence-corrected chi connectivity index (χ1v) is 4.61. The largest absolute Gasteiger partial charge is 0.388 e. The number of benzene rings is 1. The van der Waals surface area contributed by atoms with Gasteiger partial charge < -0.3 is 10.4 Å². The van der Waals surface area contributed by atoms with E-state index in [1.54, 1.807) is 12.1 Å². The van der Waals surface area contributed by atoms with Crippen LogP contribution in [0.25, 0.3) is 5.57 Å². The van der Waals surface area contributed by atoms with Crippen molar-refractivity contribution < 1.29 is 9.50 Å². The van der Waals surface area contributed by atoms with Gasteiger partial charge in [0, 0.05) is 13.1 Å². The van der Waals surface area contributed by atoms with E-state index in [4.69, 9.17) is 0 Å².